The third kappa shape index (κ3) is 5.43. The summed E-state index contributed by atoms with van der Waals surface area (Å²) in [5.41, 5.74) is 6.63. The molecule has 1 amide bonds. The number of aldehydes is 1. The standard InChI is InChI=1S/C23H24N6O3/c1-28(2)12-10-23(32,15-30)9-7-16-5-4-6-17(13-16)18-14-19(20-8-11-25-29(20)3)27-22(26-18)21(24)31/h4-6,8,11,13-15,32H,10,12H2,1-3H3,(H2,24,31). The molecule has 0 aliphatic rings. The quantitative estimate of drug-likeness (QED) is 0.419. The topological polar surface area (TPSA) is 127 Å². The molecule has 0 spiro atoms. The van der Waals surface area contributed by atoms with Gasteiger partial charge >= 0.3 is 0 Å². The Morgan fingerprint density at radius 3 is 2.62 bits per heavy atom. The molecule has 9 nitrogen and oxygen atoms in total. The van der Waals surface area contributed by atoms with E-state index < -0.39 is 11.5 Å². The molecule has 164 valence electrons. The van der Waals surface area contributed by atoms with Gasteiger partial charge in [-0.05, 0) is 38.4 Å². The number of aromatic nitrogens is 4. The highest BCUT2D eigenvalue weighted by atomic mass is 16.3. The number of nitrogens with zero attached hydrogens (tertiary/aromatic N) is 5. The van der Waals surface area contributed by atoms with E-state index in [1.54, 1.807) is 48.3 Å². The van der Waals surface area contributed by atoms with Crippen molar-refractivity contribution in [2.45, 2.75) is 12.0 Å². The van der Waals surface area contributed by atoms with Gasteiger partial charge in [0, 0.05) is 37.3 Å². The lowest BCUT2D eigenvalue weighted by Crippen LogP contribution is -2.33. The predicted octanol–water partition coefficient (Wildman–Crippen LogP) is 0.876. The zero-order valence-electron chi connectivity index (χ0n) is 18.1. The number of nitrogens with two attached hydrogens (primary N) is 1. The number of aryl methyl sites for hydroxylation is 1. The third-order valence-electron chi connectivity index (χ3n) is 4.75. The van der Waals surface area contributed by atoms with Crippen LogP contribution in [0.3, 0.4) is 0 Å². The van der Waals surface area contributed by atoms with Gasteiger partial charge in [-0.15, -0.1) is 0 Å². The van der Waals surface area contributed by atoms with Crippen molar-refractivity contribution in [3.8, 4) is 34.5 Å². The van der Waals surface area contributed by atoms with Crippen LogP contribution in [0.25, 0.3) is 22.6 Å². The number of carbonyl (C=O) groups is 2. The Balaban J connectivity index is 2.00. The van der Waals surface area contributed by atoms with Gasteiger partial charge in [0.15, 0.2) is 11.9 Å². The number of carbonyl (C=O) groups excluding carboxylic acids is 2. The van der Waals surface area contributed by atoms with Crippen molar-refractivity contribution in [2.75, 3.05) is 20.6 Å². The van der Waals surface area contributed by atoms with Crippen LogP contribution in [0.5, 0.6) is 0 Å². The fourth-order valence-electron chi connectivity index (χ4n) is 2.94. The van der Waals surface area contributed by atoms with Gasteiger partial charge in [0.2, 0.25) is 5.82 Å². The summed E-state index contributed by atoms with van der Waals surface area (Å²) < 4.78 is 1.63. The van der Waals surface area contributed by atoms with E-state index in [4.69, 9.17) is 5.73 Å². The SMILES string of the molecule is CN(C)CCC(O)(C#Cc1cccc(-c2cc(-c3ccnn3C)nc(C(N)=O)n2)c1)C=O. The van der Waals surface area contributed by atoms with Crippen LogP contribution in [0.15, 0.2) is 42.6 Å². The average molecular weight is 432 g/mol. The number of amides is 1. The molecule has 3 N–H and O–H groups in total. The molecule has 2 heterocycles. The lowest BCUT2D eigenvalue weighted by atomic mass is 10.0. The molecule has 0 bridgehead atoms. The van der Waals surface area contributed by atoms with E-state index in [0.29, 0.717) is 41.0 Å². The number of rotatable bonds is 7. The van der Waals surface area contributed by atoms with Gasteiger partial charge in [0.25, 0.3) is 5.91 Å². The third-order valence-corrected chi connectivity index (χ3v) is 4.75. The van der Waals surface area contributed by atoms with Crippen LogP contribution in [-0.4, -0.2) is 68.2 Å². The van der Waals surface area contributed by atoms with E-state index in [9.17, 15) is 14.7 Å². The summed E-state index contributed by atoms with van der Waals surface area (Å²) in [6.07, 6.45) is 2.27. The first-order valence-corrected chi connectivity index (χ1v) is 9.85. The Morgan fingerprint density at radius 1 is 1.25 bits per heavy atom. The number of benzene rings is 1. The molecule has 0 saturated heterocycles. The van der Waals surface area contributed by atoms with Crippen molar-refractivity contribution in [3.63, 3.8) is 0 Å². The molecule has 9 heteroatoms. The highest BCUT2D eigenvalue weighted by molar-refractivity contribution is 5.90. The molecule has 3 aromatic rings. The minimum atomic E-state index is -1.74. The Bertz CT molecular complexity index is 1210. The van der Waals surface area contributed by atoms with Gasteiger partial charge < -0.3 is 15.7 Å². The Morgan fingerprint density at radius 2 is 2.00 bits per heavy atom. The van der Waals surface area contributed by atoms with Gasteiger partial charge in [-0.25, -0.2) is 9.97 Å². The minimum absolute atomic E-state index is 0.116. The maximum Gasteiger partial charge on any atom is 0.286 e. The van der Waals surface area contributed by atoms with Crippen molar-refractivity contribution in [1.29, 1.82) is 0 Å². The Labute approximate surface area is 185 Å². The minimum Gasteiger partial charge on any atom is -0.371 e. The summed E-state index contributed by atoms with van der Waals surface area (Å²) >= 11 is 0. The largest absolute Gasteiger partial charge is 0.371 e. The van der Waals surface area contributed by atoms with E-state index in [1.165, 1.54) is 0 Å². The Kier molecular flexibility index (Phi) is 6.78. The summed E-state index contributed by atoms with van der Waals surface area (Å²) in [6.45, 7) is 0.511. The van der Waals surface area contributed by atoms with E-state index in [1.807, 2.05) is 25.1 Å². The fraction of sp³-hybridized carbons (Fsp3) is 0.261. The zero-order valence-corrected chi connectivity index (χ0v) is 18.1. The van der Waals surface area contributed by atoms with Gasteiger partial charge in [-0.3, -0.25) is 14.3 Å². The molecular weight excluding hydrogens is 408 g/mol. The fourth-order valence-corrected chi connectivity index (χ4v) is 2.94. The molecule has 32 heavy (non-hydrogen) atoms. The van der Waals surface area contributed by atoms with Crippen LogP contribution in [0.2, 0.25) is 0 Å². The first-order valence-electron chi connectivity index (χ1n) is 9.85. The molecule has 0 saturated carbocycles. The van der Waals surface area contributed by atoms with Crippen molar-refractivity contribution in [1.82, 2.24) is 24.6 Å². The van der Waals surface area contributed by atoms with Crippen LogP contribution in [0.1, 0.15) is 22.6 Å². The number of hydrogen-bond donors (Lipinski definition) is 2. The van der Waals surface area contributed by atoms with Crippen LogP contribution in [0.4, 0.5) is 0 Å². The molecule has 1 aromatic carbocycles. The molecule has 0 fully saturated rings. The van der Waals surface area contributed by atoms with Crippen LogP contribution in [-0.2, 0) is 11.8 Å². The lowest BCUT2D eigenvalue weighted by Gasteiger charge is -2.17. The van der Waals surface area contributed by atoms with E-state index >= 15 is 0 Å². The van der Waals surface area contributed by atoms with Gasteiger partial charge in [-0.1, -0.05) is 24.0 Å². The van der Waals surface area contributed by atoms with Crippen LogP contribution in [0, 0.1) is 11.8 Å². The molecule has 0 aliphatic heterocycles. The van der Waals surface area contributed by atoms with Crippen LogP contribution < -0.4 is 5.73 Å². The van der Waals surface area contributed by atoms with Crippen molar-refractivity contribution in [3.05, 3.63) is 54.0 Å². The first kappa shape index (κ1) is 22.8. The van der Waals surface area contributed by atoms with Gasteiger partial charge in [0.05, 0.1) is 17.1 Å². The highest BCUT2D eigenvalue weighted by Crippen LogP contribution is 2.24. The van der Waals surface area contributed by atoms with Crippen LogP contribution >= 0.6 is 0 Å². The van der Waals surface area contributed by atoms with Crippen molar-refractivity contribution >= 4 is 12.2 Å². The zero-order chi connectivity index (χ0) is 23.3. The second-order valence-corrected chi connectivity index (χ2v) is 7.59. The summed E-state index contributed by atoms with van der Waals surface area (Å²) in [5.74, 6) is 4.66. The van der Waals surface area contributed by atoms with E-state index in [-0.39, 0.29) is 12.2 Å². The summed E-state index contributed by atoms with van der Waals surface area (Å²) in [4.78, 5) is 33.6. The average Bonchev–Trinajstić information content (AvgIpc) is 3.22. The van der Waals surface area contributed by atoms with Gasteiger partial charge in [0.1, 0.15) is 0 Å². The maximum absolute atomic E-state index is 11.8. The summed E-state index contributed by atoms with van der Waals surface area (Å²) in [5, 5.41) is 14.6. The summed E-state index contributed by atoms with van der Waals surface area (Å²) in [7, 11) is 5.47. The molecular formula is C23H24N6O3. The highest BCUT2D eigenvalue weighted by Gasteiger charge is 2.23. The van der Waals surface area contributed by atoms with Crippen molar-refractivity contribution < 1.29 is 14.7 Å². The monoisotopic (exact) mass is 432 g/mol. The molecule has 2 aromatic heterocycles. The van der Waals surface area contributed by atoms with Gasteiger partial charge in [-0.2, -0.15) is 5.10 Å². The summed E-state index contributed by atoms with van der Waals surface area (Å²) in [6, 6.07) is 10.6. The normalized spacial score (nSPS) is 12.7. The molecule has 0 radical (unpaired) electrons. The van der Waals surface area contributed by atoms with E-state index in [2.05, 4.69) is 26.9 Å². The molecule has 3 rings (SSSR count). The predicted molar refractivity (Wildman–Crippen MR) is 119 cm³/mol. The maximum atomic E-state index is 11.8. The number of aliphatic hydroxyl groups is 1. The van der Waals surface area contributed by atoms with Crippen molar-refractivity contribution in [2.24, 2.45) is 12.8 Å². The number of hydrogen-bond acceptors (Lipinski definition) is 7. The molecule has 1 unspecified atom stereocenters. The first-order chi connectivity index (χ1) is 15.2. The Hall–Kier alpha value is -3.87. The second-order valence-electron chi connectivity index (χ2n) is 7.59. The lowest BCUT2D eigenvalue weighted by molar-refractivity contribution is -0.119. The smallest absolute Gasteiger partial charge is 0.286 e. The second kappa shape index (κ2) is 9.51. The number of primary amides is 1. The molecule has 1 atom stereocenters. The molecule has 0 aliphatic carbocycles. The van der Waals surface area contributed by atoms with E-state index in [0.717, 1.165) is 0 Å².